The number of hydrogen-bond donors (Lipinski definition) is 1. The summed E-state index contributed by atoms with van der Waals surface area (Å²) in [5.74, 6) is 0. The van der Waals surface area contributed by atoms with Crippen molar-refractivity contribution in [3.8, 4) is 0 Å². The van der Waals surface area contributed by atoms with Crippen molar-refractivity contribution >= 4 is 0 Å². The minimum absolute atomic E-state index is 0.647. The van der Waals surface area contributed by atoms with Gasteiger partial charge in [-0.15, -0.1) is 5.10 Å². The first-order valence-corrected chi connectivity index (χ1v) is 6.52. The van der Waals surface area contributed by atoms with E-state index in [-0.39, 0.29) is 0 Å². The molecular weight excluding hydrogens is 232 g/mol. The molecular formula is C12H24N4O2. The van der Waals surface area contributed by atoms with Crippen LogP contribution in [0, 0.1) is 0 Å². The Labute approximate surface area is 108 Å². The summed E-state index contributed by atoms with van der Waals surface area (Å²) in [6.45, 7) is 3.61. The lowest BCUT2D eigenvalue weighted by atomic mass is 10.2. The van der Waals surface area contributed by atoms with Crippen LogP contribution in [0.25, 0.3) is 0 Å². The number of nitrogens with two attached hydrogens (primary N) is 1. The summed E-state index contributed by atoms with van der Waals surface area (Å²) < 4.78 is 12.1. The molecule has 0 aliphatic rings. The number of aromatic nitrogens is 3. The van der Waals surface area contributed by atoms with Gasteiger partial charge in [0.1, 0.15) is 0 Å². The van der Waals surface area contributed by atoms with Crippen LogP contribution in [0.4, 0.5) is 0 Å². The average molecular weight is 256 g/mol. The van der Waals surface area contributed by atoms with E-state index in [1.54, 1.807) is 7.11 Å². The van der Waals surface area contributed by atoms with Crippen LogP contribution in [-0.2, 0) is 22.4 Å². The monoisotopic (exact) mass is 256 g/mol. The largest absolute Gasteiger partial charge is 0.382 e. The van der Waals surface area contributed by atoms with Crippen LogP contribution in [0.3, 0.4) is 0 Å². The van der Waals surface area contributed by atoms with Gasteiger partial charge in [-0.3, -0.25) is 4.68 Å². The second-order valence-electron chi connectivity index (χ2n) is 4.18. The number of unbranched alkanes of at least 4 members (excludes halogenated alkanes) is 1. The molecule has 0 atom stereocenters. The first-order chi connectivity index (χ1) is 8.86. The van der Waals surface area contributed by atoms with Crippen molar-refractivity contribution in [2.24, 2.45) is 5.73 Å². The van der Waals surface area contributed by atoms with Gasteiger partial charge in [-0.05, 0) is 32.2 Å². The molecule has 1 rings (SSSR count). The number of ether oxygens (including phenoxy) is 2. The SMILES string of the molecule is COCCOCCCn1cc(CCCCN)nn1. The molecule has 2 N–H and O–H groups in total. The molecule has 0 bridgehead atoms. The molecule has 1 aromatic heterocycles. The smallest absolute Gasteiger partial charge is 0.0827 e. The van der Waals surface area contributed by atoms with E-state index in [1.165, 1.54) is 0 Å². The fourth-order valence-corrected chi connectivity index (χ4v) is 1.59. The summed E-state index contributed by atoms with van der Waals surface area (Å²) in [6, 6.07) is 0. The van der Waals surface area contributed by atoms with Crippen molar-refractivity contribution in [1.82, 2.24) is 15.0 Å². The van der Waals surface area contributed by atoms with Gasteiger partial charge in [-0.25, -0.2) is 0 Å². The Morgan fingerprint density at radius 2 is 2.11 bits per heavy atom. The topological polar surface area (TPSA) is 75.2 Å². The van der Waals surface area contributed by atoms with Crippen LogP contribution in [0.15, 0.2) is 6.20 Å². The van der Waals surface area contributed by atoms with E-state index in [1.807, 2.05) is 10.9 Å². The average Bonchev–Trinajstić information content (AvgIpc) is 2.82. The lowest BCUT2D eigenvalue weighted by Gasteiger charge is -2.03. The highest BCUT2D eigenvalue weighted by Gasteiger charge is 2.00. The normalized spacial score (nSPS) is 11.0. The van der Waals surface area contributed by atoms with E-state index in [9.17, 15) is 0 Å². The Morgan fingerprint density at radius 1 is 1.22 bits per heavy atom. The molecule has 104 valence electrons. The number of nitrogens with zero attached hydrogens (tertiary/aromatic N) is 3. The Bertz CT molecular complexity index is 304. The number of rotatable bonds is 11. The molecule has 0 aromatic carbocycles. The molecule has 0 aliphatic heterocycles. The van der Waals surface area contributed by atoms with E-state index in [0.717, 1.165) is 51.1 Å². The van der Waals surface area contributed by atoms with E-state index < -0.39 is 0 Å². The van der Waals surface area contributed by atoms with Gasteiger partial charge < -0.3 is 15.2 Å². The molecule has 0 radical (unpaired) electrons. The first-order valence-electron chi connectivity index (χ1n) is 6.52. The third-order valence-corrected chi connectivity index (χ3v) is 2.58. The summed E-state index contributed by atoms with van der Waals surface area (Å²) in [5.41, 5.74) is 6.49. The van der Waals surface area contributed by atoms with Crippen molar-refractivity contribution in [2.45, 2.75) is 32.2 Å². The van der Waals surface area contributed by atoms with Gasteiger partial charge in [-0.2, -0.15) is 0 Å². The first kappa shape index (κ1) is 15.1. The molecule has 6 nitrogen and oxygen atoms in total. The lowest BCUT2D eigenvalue weighted by molar-refractivity contribution is 0.0676. The van der Waals surface area contributed by atoms with Gasteiger partial charge in [0.05, 0.1) is 18.9 Å². The summed E-state index contributed by atoms with van der Waals surface area (Å²) in [6.07, 6.45) is 6.03. The molecule has 1 aromatic rings. The van der Waals surface area contributed by atoms with Crippen LogP contribution in [0.1, 0.15) is 25.0 Å². The van der Waals surface area contributed by atoms with E-state index >= 15 is 0 Å². The van der Waals surface area contributed by atoms with E-state index in [4.69, 9.17) is 15.2 Å². The number of hydrogen-bond acceptors (Lipinski definition) is 5. The van der Waals surface area contributed by atoms with Crippen LogP contribution < -0.4 is 5.73 Å². The van der Waals surface area contributed by atoms with Gasteiger partial charge in [0.15, 0.2) is 0 Å². The minimum atomic E-state index is 0.647. The summed E-state index contributed by atoms with van der Waals surface area (Å²) in [4.78, 5) is 0. The summed E-state index contributed by atoms with van der Waals surface area (Å²) >= 11 is 0. The fraction of sp³-hybridized carbons (Fsp3) is 0.833. The Kier molecular flexibility index (Phi) is 8.37. The third-order valence-electron chi connectivity index (χ3n) is 2.58. The molecule has 0 unspecified atom stereocenters. The predicted molar refractivity (Wildman–Crippen MR) is 69.3 cm³/mol. The van der Waals surface area contributed by atoms with E-state index in [2.05, 4.69) is 10.3 Å². The van der Waals surface area contributed by atoms with Crippen molar-refractivity contribution in [3.63, 3.8) is 0 Å². The van der Waals surface area contributed by atoms with Gasteiger partial charge >= 0.3 is 0 Å². The van der Waals surface area contributed by atoms with Crippen molar-refractivity contribution < 1.29 is 9.47 Å². The molecule has 6 heteroatoms. The van der Waals surface area contributed by atoms with Crippen molar-refractivity contribution in [1.29, 1.82) is 0 Å². The zero-order valence-electron chi connectivity index (χ0n) is 11.2. The molecule has 0 saturated heterocycles. The molecule has 0 fully saturated rings. The van der Waals surface area contributed by atoms with Crippen LogP contribution in [-0.4, -0.2) is 48.5 Å². The van der Waals surface area contributed by atoms with Gasteiger partial charge in [0.25, 0.3) is 0 Å². The quantitative estimate of drug-likeness (QED) is 0.587. The number of methoxy groups -OCH3 is 1. The highest BCUT2D eigenvalue weighted by atomic mass is 16.5. The Hall–Kier alpha value is -0.980. The van der Waals surface area contributed by atoms with Crippen LogP contribution in [0.2, 0.25) is 0 Å². The van der Waals surface area contributed by atoms with E-state index in [0.29, 0.717) is 13.2 Å². The third kappa shape index (κ3) is 6.68. The molecule has 0 spiro atoms. The maximum Gasteiger partial charge on any atom is 0.0827 e. The maximum absolute atomic E-state index is 5.45. The maximum atomic E-state index is 5.45. The van der Waals surface area contributed by atoms with Crippen LogP contribution >= 0.6 is 0 Å². The van der Waals surface area contributed by atoms with Gasteiger partial charge in [-0.1, -0.05) is 5.21 Å². The lowest BCUT2D eigenvalue weighted by Crippen LogP contribution is -2.06. The van der Waals surface area contributed by atoms with Gasteiger partial charge in [0, 0.05) is 26.5 Å². The fourth-order valence-electron chi connectivity index (χ4n) is 1.59. The van der Waals surface area contributed by atoms with Gasteiger partial charge in [0.2, 0.25) is 0 Å². The molecule has 0 amide bonds. The molecule has 1 heterocycles. The summed E-state index contributed by atoms with van der Waals surface area (Å²) in [7, 11) is 1.67. The standard InChI is InChI=1S/C12H24N4O2/c1-17-9-10-18-8-4-7-16-11-12(14-15-16)5-2-3-6-13/h11H,2-10,13H2,1H3. The summed E-state index contributed by atoms with van der Waals surface area (Å²) in [5, 5.41) is 8.21. The second-order valence-corrected chi connectivity index (χ2v) is 4.18. The van der Waals surface area contributed by atoms with Crippen LogP contribution in [0.5, 0.6) is 0 Å². The zero-order chi connectivity index (χ0) is 13.1. The van der Waals surface area contributed by atoms with Crippen molar-refractivity contribution in [3.05, 3.63) is 11.9 Å². The molecule has 18 heavy (non-hydrogen) atoms. The Balaban J connectivity index is 2.07. The second kappa shape index (κ2) is 9.99. The highest BCUT2D eigenvalue weighted by Crippen LogP contribution is 2.01. The predicted octanol–water partition coefficient (Wildman–Crippen LogP) is 0.613. The minimum Gasteiger partial charge on any atom is -0.382 e. The van der Waals surface area contributed by atoms with Crippen molar-refractivity contribution in [2.75, 3.05) is 33.5 Å². The molecule has 0 saturated carbocycles. The Morgan fingerprint density at radius 3 is 2.89 bits per heavy atom. The number of aryl methyl sites for hydroxylation is 2. The highest BCUT2D eigenvalue weighted by molar-refractivity contribution is 4.92. The zero-order valence-corrected chi connectivity index (χ0v) is 11.2. The molecule has 0 aliphatic carbocycles.